The Morgan fingerprint density at radius 1 is 1.14 bits per heavy atom. The SMILES string of the molecule is Cc1ccc(OCCOC(=O)[C@@H]2CCCN2S(=O)(=O)c2ccccc2F)cc1. The fourth-order valence-corrected chi connectivity index (χ4v) is 4.79. The number of rotatable bonds is 7. The standard InChI is InChI=1S/C20H22FNO5S/c1-15-8-10-16(11-9-15)26-13-14-27-20(23)18-6-4-12-22(18)28(24,25)19-7-3-2-5-17(19)21/h2-3,5,7-11,18H,4,6,12-14H2,1H3/t18-/m0/s1. The maximum Gasteiger partial charge on any atom is 0.324 e. The van der Waals surface area contributed by atoms with E-state index in [9.17, 15) is 17.6 Å². The van der Waals surface area contributed by atoms with Crippen LogP contribution in [0.3, 0.4) is 0 Å². The van der Waals surface area contributed by atoms with Crippen molar-refractivity contribution in [3.05, 3.63) is 59.9 Å². The molecule has 3 rings (SSSR count). The molecule has 1 atom stereocenters. The molecular weight excluding hydrogens is 385 g/mol. The minimum atomic E-state index is -4.11. The largest absolute Gasteiger partial charge is 0.490 e. The predicted octanol–water partition coefficient (Wildman–Crippen LogP) is 2.91. The van der Waals surface area contributed by atoms with E-state index in [1.165, 1.54) is 18.2 Å². The van der Waals surface area contributed by atoms with Crippen LogP contribution in [0.5, 0.6) is 5.75 Å². The lowest BCUT2D eigenvalue weighted by Gasteiger charge is -2.23. The minimum absolute atomic E-state index is 0.00318. The van der Waals surface area contributed by atoms with E-state index in [0.717, 1.165) is 15.9 Å². The Hall–Kier alpha value is -2.45. The summed E-state index contributed by atoms with van der Waals surface area (Å²) >= 11 is 0. The minimum Gasteiger partial charge on any atom is -0.490 e. The molecule has 1 saturated heterocycles. The highest BCUT2D eigenvalue weighted by molar-refractivity contribution is 7.89. The van der Waals surface area contributed by atoms with Crippen LogP contribution in [0.25, 0.3) is 0 Å². The van der Waals surface area contributed by atoms with Crippen LogP contribution < -0.4 is 4.74 Å². The van der Waals surface area contributed by atoms with Gasteiger partial charge in [0.1, 0.15) is 35.7 Å². The molecule has 1 heterocycles. The normalized spacial score (nSPS) is 17.4. The van der Waals surface area contributed by atoms with Crippen molar-refractivity contribution < 1.29 is 27.1 Å². The first-order valence-electron chi connectivity index (χ1n) is 9.02. The summed E-state index contributed by atoms with van der Waals surface area (Å²) in [6.45, 7) is 2.27. The van der Waals surface area contributed by atoms with Gasteiger partial charge in [-0.05, 0) is 44.0 Å². The second-order valence-corrected chi connectivity index (χ2v) is 8.39. The summed E-state index contributed by atoms with van der Waals surface area (Å²) < 4.78 is 51.2. The van der Waals surface area contributed by atoms with Crippen molar-refractivity contribution in [2.24, 2.45) is 0 Å². The van der Waals surface area contributed by atoms with Crippen LogP contribution in [0, 0.1) is 12.7 Å². The lowest BCUT2D eigenvalue weighted by molar-refractivity contribution is -0.148. The number of benzene rings is 2. The zero-order chi connectivity index (χ0) is 20.1. The van der Waals surface area contributed by atoms with Crippen molar-refractivity contribution in [1.29, 1.82) is 0 Å². The number of nitrogens with zero attached hydrogens (tertiary/aromatic N) is 1. The molecule has 0 bridgehead atoms. The van der Waals surface area contributed by atoms with Gasteiger partial charge in [-0.2, -0.15) is 4.31 Å². The Morgan fingerprint density at radius 3 is 2.57 bits per heavy atom. The van der Waals surface area contributed by atoms with Gasteiger partial charge < -0.3 is 9.47 Å². The van der Waals surface area contributed by atoms with Gasteiger partial charge in [-0.1, -0.05) is 29.8 Å². The van der Waals surface area contributed by atoms with Crippen LogP contribution in [0.4, 0.5) is 4.39 Å². The van der Waals surface area contributed by atoms with Crippen molar-refractivity contribution in [2.45, 2.75) is 30.7 Å². The van der Waals surface area contributed by atoms with Gasteiger partial charge in [0.15, 0.2) is 0 Å². The van der Waals surface area contributed by atoms with Gasteiger partial charge >= 0.3 is 5.97 Å². The fraction of sp³-hybridized carbons (Fsp3) is 0.350. The Labute approximate surface area is 163 Å². The molecule has 0 spiro atoms. The third-order valence-corrected chi connectivity index (χ3v) is 6.46. The fourth-order valence-electron chi connectivity index (χ4n) is 3.08. The van der Waals surface area contributed by atoms with Crippen LogP contribution in [0.1, 0.15) is 18.4 Å². The van der Waals surface area contributed by atoms with Crippen molar-refractivity contribution in [1.82, 2.24) is 4.31 Å². The van der Waals surface area contributed by atoms with Crippen LogP contribution in [0.2, 0.25) is 0 Å². The van der Waals surface area contributed by atoms with Gasteiger partial charge in [-0.3, -0.25) is 4.79 Å². The van der Waals surface area contributed by atoms with Crippen molar-refractivity contribution in [3.8, 4) is 5.75 Å². The van der Waals surface area contributed by atoms with Crippen LogP contribution in [0.15, 0.2) is 53.4 Å². The van der Waals surface area contributed by atoms with Crippen LogP contribution in [-0.2, 0) is 19.6 Å². The first-order chi connectivity index (χ1) is 13.4. The number of ether oxygens (including phenoxy) is 2. The zero-order valence-electron chi connectivity index (χ0n) is 15.5. The monoisotopic (exact) mass is 407 g/mol. The first-order valence-corrected chi connectivity index (χ1v) is 10.5. The Bertz CT molecular complexity index is 930. The number of hydrogen-bond acceptors (Lipinski definition) is 5. The van der Waals surface area contributed by atoms with E-state index >= 15 is 0 Å². The topological polar surface area (TPSA) is 72.9 Å². The second kappa shape index (κ2) is 8.70. The molecule has 0 amide bonds. The van der Waals surface area contributed by atoms with Crippen LogP contribution >= 0.6 is 0 Å². The summed E-state index contributed by atoms with van der Waals surface area (Å²) in [4.78, 5) is 12.0. The van der Waals surface area contributed by atoms with Gasteiger partial charge in [0.05, 0.1) is 0 Å². The van der Waals surface area contributed by atoms with Gasteiger partial charge in [-0.15, -0.1) is 0 Å². The molecule has 150 valence electrons. The van der Waals surface area contributed by atoms with E-state index in [0.29, 0.717) is 18.6 Å². The number of hydrogen-bond donors (Lipinski definition) is 0. The van der Waals surface area contributed by atoms with Gasteiger partial charge in [0.25, 0.3) is 0 Å². The average molecular weight is 407 g/mol. The maximum atomic E-state index is 14.0. The second-order valence-electron chi connectivity index (χ2n) is 6.53. The average Bonchev–Trinajstić information content (AvgIpc) is 3.17. The molecule has 0 N–H and O–H groups in total. The van der Waals surface area contributed by atoms with Gasteiger partial charge in [0.2, 0.25) is 10.0 Å². The molecule has 0 aliphatic carbocycles. The number of halogens is 1. The third-order valence-electron chi connectivity index (χ3n) is 4.52. The van der Waals surface area contributed by atoms with Gasteiger partial charge in [0, 0.05) is 6.54 Å². The summed E-state index contributed by atoms with van der Waals surface area (Å²) in [6.07, 6.45) is 0.846. The van der Waals surface area contributed by atoms with Gasteiger partial charge in [-0.25, -0.2) is 12.8 Å². The Morgan fingerprint density at radius 2 is 1.86 bits per heavy atom. The third kappa shape index (κ3) is 4.51. The lowest BCUT2D eigenvalue weighted by Crippen LogP contribution is -2.41. The van der Waals surface area contributed by atoms with E-state index < -0.39 is 32.7 Å². The van der Waals surface area contributed by atoms with E-state index in [4.69, 9.17) is 9.47 Å². The maximum absolute atomic E-state index is 14.0. The summed E-state index contributed by atoms with van der Waals surface area (Å²) in [5, 5.41) is 0. The molecule has 1 fully saturated rings. The number of aryl methyl sites for hydroxylation is 1. The van der Waals surface area contributed by atoms with Crippen LogP contribution in [-0.4, -0.2) is 44.5 Å². The highest BCUT2D eigenvalue weighted by Crippen LogP contribution is 2.28. The Kier molecular flexibility index (Phi) is 6.31. The lowest BCUT2D eigenvalue weighted by atomic mass is 10.2. The summed E-state index contributed by atoms with van der Waals surface area (Å²) in [6, 6.07) is 11.6. The summed E-state index contributed by atoms with van der Waals surface area (Å²) in [5.41, 5.74) is 1.11. The van der Waals surface area contributed by atoms with Crippen molar-refractivity contribution in [2.75, 3.05) is 19.8 Å². The molecule has 0 unspecified atom stereocenters. The molecule has 0 radical (unpaired) electrons. The predicted molar refractivity (Wildman–Crippen MR) is 101 cm³/mol. The smallest absolute Gasteiger partial charge is 0.324 e. The Balaban J connectivity index is 1.58. The summed E-state index contributed by atoms with van der Waals surface area (Å²) in [5.74, 6) is -0.829. The molecule has 8 heteroatoms. The summed E-state index contributed by atoms with van der Waals surface area (Å²) in [7, 11) is -4.11. The number of sulfonamides is 1. The molecule has 28 heavy (non-hydrogen) atoms. The zero-order valence-corrected chi connectivity index (χ0v) is 16.3. The molecule has 6 nitrogen and oxygen atoms in total. The van der Waals surface area contributed by atoms with E-state index in [-0.39, 0.29) is 19.8 Å². The number of esters is 1. The van der Waals surface area contributed by atoms with Crippen molar-refractivity contribution >= 4 is 16.0 Å². The van der Waals surface area contributed by atoms with E-state index in [1.807, 2.05) is 31.2 Å². The highest BCUT2D eigenvalue weighted by Gasteiger charge is 2.41. The van der Waals surface area contributed by atoms with Crippen molar-refractivity contribution in [3.63, 3.8) is 0 Å². The molecule has 1 aliphatic heterocycles. The number of carbonyl (C=O) groups is 1. The molecule has 2 aromatic rings. The first kappa shape index (κ1) is 20.3. The van der Waals surface area contributed by atoms with E-state index in [2.05, 4.69) is 0 Å². The molecule has 0 aromatic heterocycles. The number of carbonyl (C=O) groups excluding carboxylic acids is 1. The van der Waals surface area contributed by atoms with E-state index in [1.54, 1.807) is 0 Å². The molecular formula is C20H22FNO5S. The molecule has 1 aliphatic rings. The molecule has 0 saturated carbocycles. The molecule has 2 aromatic carbocycles. The quantitative estimate of drug-likeness (QED) is 0.521. The highest BCUT2D eigenvalue weighted by atomic mass is 32.2.